The molecule has 8 heteroatoms. The molecule has 0 spiro atoms. The van der Waals surface area contributed by atoms with E-state index in [1.807, 2.05) is 6.92 Å². The van der Waals surface area contributed by atoms with Crippen molar-refractivity contribution in [2.75, 3.05) is 18.9 Å². The molecular formula is C17H23N3O4S. The molecule has 136 valence electrons. The quantitative estimate of drug-likeness (QED) is 0.416. The molecule has 25 heavy (non-hydrogen) atoms. The molecule has 0 aromatic heterocycles. The molecule has 1 aliphatic heterocycles. The fourth-order valence-corrected chi connectivity index (χ4v) is 3.99. The summed E-state index contributed by atoms with van der Waals surface area (Å²) >= 11 is 1.62. The number of benzene rings is 1. The maximum atomic E-state index is 12.5. The number of hydrogen-bond acceptors (Lipinski definition) is 6. The molecule has 3 N–H and O–H groups in total. The summed E-state index contributed by atoms with van der Waals surface area (Å²) in [5, 5.41) is 13.8. The lowest BCUT2D eigenvalue weighted by Crippen LogP contribution is -2.37. The van der Waals surface area contributed by atoms with Gasteiger partial charge in [-0.1, -0.05) is 19.4 Å². The monoisotopic (exact) mass is 365 g/mol. The van der Waals surface area contributed by atoms with Gasteiger partial charge in [-0.05, 0) is 30.4 Å². The third-order valence-electron chi connectivity index (χ3n) is 3.84. The van der Waals surface area contributed by atoms with Crippen molar-refractivity contribution in [3.63, 3.8) is 0 Å². The van der Waals surface area contributed by atoms with Crippen LogP contribution in [0.4, 0.5) is 11.4 Å². The van der Waals surface area contributed by atoms with Gasteiger partial charge < -0.3 is 15.8 Å². The van der Waals surface area contributed by atoms with E-state index >= 15 is 0 Å². The maximum Gasteiger partial charge on any atom is 0.292 e. The van der Waals surface area contributed by atoms with E-state index in [0.29, 0.717) is 13.2 Å². The van der Waals surface area contributed by atoms with E-state index in [2.05, 4.69) is 18.3 Å². The van der Waals surface area contributed by atoms with Crippen molar-refractivity contribution >= 4 is 29.0 Å². The summed E-state index contributed by atoms with van der Waals surface area (Å²) in [5.74, 6) is -0.271. The minimum Gasteiger partial charge on any atom is -0.393 e. The first-order valence-electron chi connectivity index (χ1n) is 8.26. The van der Waals surface area contributed by atoms with Gasteiger partial charge in [0.05, 0.1) is 16.9 Å². The number of amides is 1. The Balaban J connectivity index is 2.10. The molecule has 0 fully saturated rings. The van der Waals surface area contributed by atoms with E-state index in [9.17, 15) is 14.9 Å². The van der Waals surface area contributed by atoms with Gasteiger partial charge >= 0.3 is 0 Å². The Kier molecular flexibility index (Phi) is 6.83. The first kappa shape index (κ1) is 19.3. The van der Waals surface area contributed by atoms with E-state index in [1.54, 1.807) is 11.8 Å². The fraction of sp³-hybridized carbons (Fsp3) is 0.471. The Hall–Kier alpha value is -2.06. The van der Waals surface area contributed by atoms with Gasteiger partial charge in [0, 0.05) is 24.2 Å². The number of nitro benzene ring substituents is 1. The predicted octanol–water partition coefficient (Wildman–Crippen LogP) is 3.32. The number of hydrogen-bond donors (Lipinski definition) is 2. The van der Waals surface area contributed by atoms with Crippen LogP contribution in [0.5, 0.6) is 0 Å². The molecule has 1 amide bonds. The molecule has 1 aromatic rings. The molecule has 2 atom stereocenters. The first-order chi connectivity index (χ1) is 12.0. The number of nitrogens with zero attached hydrogens (tertiary/aromatic N) is 1. The lowest BCUT2D eigenvalue weighted by Gasteiger charge is -2.20. The third kappa shape index (κ3) is 4.96. The second kappa shape index (κ2) is 8.87. The highest BCUT2D eigenvalue weighted by molar-refractivity contribution is 8.03. The number of thioether (sulfide) groups is 1. The lowest BCUT2D eigenvalue weighted by atomic mass is 10.1. The smallest absolute Gasteiger partial charge is 0.292 e. The minimum atomic E-state index is -0.588. The summed E-state index contributed by atoms with van der Waals surface area (Å²) in [6.45, 7) is 5.19. The van der Waals surface area contributed by atoms with Gasteiger partial charge in [-0.3, -0.25) is 14.9 Å². The largest absolute Gasteiger partial charge is 0.393 e. The van der Waals surface area contributed by atoms with Crippen molar-refractivity contribution in [2.45, 2.75) is 32.1 Å². The van der Waals surface area contributed by atoms with Crippen LogP contribution in [-0.2, 0) is 4.74 Å². The predicted molar refractivity (Wildman–Crippen MR) is 99.3 cm³/mol. The van der Waals surface area contributed by atoms with Gasteiger partial charge in [0.25, 0.3) is 11.6 Å². The van der Waals surface area contributed by atoms with Crippen LogP contribution >= 0.6 is 11.8 Å². The van der Waals surface area contributed by atoms with Crippen molar-refractivity contribution in [3.05, 3.63) is 44.9 Å². The number of nitrogens with one attached hydrogen (secondary N) is 1. The van der Waals surface area contributed by atoms with Crippen molar-refractivity contribution in [2.24, 2.45) is 5.92 Å². The van der Waals surface area contributed by atoms with Crippen molar-refractivity contribution in [1.29, 1.82) is 0 Å². The molecule has 7 nitrogen and oxygen atoms in total. The number of nitrogen functional groups attached to an aromatic ring is 1. The average molecular weight is 365 g/mol. The Labute approximate surface area is 151 Å². The summed E-state index contributed by atoms with van der Waals surface area (Å²) in [5.41, 5.74) is 5.58. The molecule has 1 aliphatic rings. The Bertz CT molecular complexity index is 678. The summed E-state index contributed by atoms with van der Waals surface area (Å²) < 4.78 is 5.51. The number of nitro groups is 1. The van der Waals surface area contributed by atoms with E-state index in [1.165, 1.54) is 23.1 Å². The van der Waals surface area contributed by atoms with Crippen LogP contribution in [0.25, 0.3) is 0 Å². The molecule has 2 unspecified atom stereocenters. The van der Waals surface area contributed by atoms with Crippen LogP contribution in [0.1, 0.15) is 37.0 Å². The number of anilines is 1. The number of allylic oxidation sites excluding steroid dienone is 1. The number of carbonyl (C=O) groups is 1. The zero-order chi connectivity index (χ0) is 18.4. The van der Waals surface area contributed by atoms with Gasteiger partial charge in [-0.2, -0.15) is 0 Å². The summed E-state index contributed by atoms with van der Waals surface area (Å²) in [7, 11) is 0. The Morgan fingerprint density at radius 1 is 1.44 bits per heavy atom. The molecule has 0 bridgehead atoms. The number of carbonyl (C=O) groups excluding carboxylic acids is 1. The lowest BCUT2D eigenvalue weighted by molar-refractivity contribution is -0.383. The van der Waals surface area contributed by atoms with Crippen LogP contribution in [0.3, 0.4) is 0 Å². The zero-order valence-electron chi connectivity index (χ0n) is 14.4. The summed E-state index contributed by atoms with van der Waals surface area (Å²) in [6, 6.07) is 4.09. The Morgan fingerprint density at radius 3 is 2.84 bits per heavy atom. The number of ether oxygens (including phenoxy) is 1. The minimum absolute atomic E-state index is 0.0397. The average Bonchev–Trinajstić information content (AvgIpc) is 2.94. The van der Waals surface area contributed by atoms with Gasteiger partial charge in [-0.25, -0.2) is 0 Å². The van der Waals surface area contributed by atoms with Gasteiger partial charge in [0.2, 0.25) is 0 Å². The Morgan fingerprint density at radius 2 is 2.20 bits per heavy atom. The maximum absolute atomic E-state index is 12.5. The molecule has 0 radical (unpaired) electrons. The third-order valence-corrected chi connectivity index (χ3v) is 5.21. The van der Waals surface area contributed by atoms with Crippen LogP contribution in [0, 0.1) is 16.0 Å². The number of nitrogens with two attached hydrogens (primary N) is 1. The summed E-state index contributed by atoms with van der Waals surface area (Å²) in [4.78, 5) is 24.2. The number of rotatable bonds is 8. The van der Waals surface area contributed by atoms with E-state index in [-0.39, 0.29) is 34.1 Å². The molecule has 0 saturated carbocycles. The summed E-state index contributed by atoms with van der Waals surface area (Å²) in [6.07, 6.45) is 4.15. The highest BCUT2D eigenvalue weighted by Gasteiger charge is 2.30. The fourth-order valence-electron chi connectivity index (χ4n) is 2.59. The van der Waals surface area contributed by atoms with E-state index in [0.717, 1.165) is 12.8 Å². The molecule has 1 heterocycles. The highest BCUT2D eigenvalue weighted by Crippen LogP contribution is 2.38. The van der Waals surface area contributed by atoms with Crippen molar-refractivity contribution in [1.82, 2.24) is 5.32 Å². The molecule has 1 aromatic carbocycles. The molecular weight excluding hydrogens is 342 g/mol. The normalized spacial score (nSPS) is 19.5. The first-order valence-corrected chi connectivity index (χ1v) is 9.14. The zero-order valence-corrected chi connectivity index (χ0v) is 15.2. The van der Waals surface area contributed by atoms with Crippen molar-refractivity contribution < 1.29 is 14.5 Å². The standard InChI is InChI=1S/C17H23N3O4S/c1-3-5-13-8-12(10-24-4-2)17(25-13)19-16(21)11-6-7-14(18)15(9-11)20(22)23/h6-9,12,17H,3-5,10,18H2,1-2H3,(H,19,21). The molecule has 2 rings (SSSR count). The SMILES string of the molecule is CCCC1=CC(COCC)C(NC(=O)c2ccc(N)c([N+](=O)[O-])c2)S1. The van der Waals surface area contributed by atoms with Gasteiger partial charge in [0.1, 0.15) is 5.69 Å². The van der Waals surface area contributed by atoms with E-state index < -0.39 is 4.92 Å². The van der Waals surface area contributed by atoms with Crippen LogP contribution in [0.2, 0.25) is 0 Å². The highest BCUT2D eigenvalue weighted by atomic mass is 32.2. The van der Waals surface area contributed by atoms with Crippen LogP contribution in [0.15, 0.2) is 29.2 Å². The van der Waals surface area contributed by atoms with Crippen LogP contribution < -0.4 is 11.1 Å². The molecule has 0 saturated heterocycles. The topological polar surface area (TPSA) is 107 Å². The van der Waals surface area contributed by atoms with E-state index in [4.69, 9.17) is 10.5 Å². The van der Waals surface area contributed by atoms with Crippen LogP contribution in [-0.4, -0.2) is 29.4 Å². The second-order valence-electron chi connectivity index (χ2n) is 5.75. The van der Waals surface area contributed by atoms with Gasteiger partial charge in [0.15, 0.2) is 0 Å². The second-order valence-corrected chi connectivity index (χ2v) is 7.02. The molecule has 0 aliphatic carbocycles. The van der Waals surface area contributed by atoms with Gasteiger partial charge in [-0.15, -0.1) is 11.8 Å². The van der Waals surface area contributed by atoms with Crippen molar-refractivity contribution in [3.8, 4) is 0 Å².